The van der Waals surface area contributed by atoms with Crippen molar-refractivity contribution < 1.29 is 4.42 Å². The van der Waals surface area contributed by atoms with Gasteiger partial charge in [0.2, 0.25) is 0 Å². The summed E-state index contributed by atoms with van der Waals surface area (Å²) >= 11 is 0. The molecule has 0 saturated carbocycles. The van der Waals surface area contributed by atoms with Crippen LogP contribution in [-0.4, -0.2) is 16.3 Å². The van der Waals surface area contributed by atoms with Gasteiger partial charge in [0.1, 0.15) is 5.76 Å². The molecule has 0 spiro atoms. The van der Waals surface area contributed by atoms with E-state index in [-0.39, 0.29) is 0 Å². The van der Waals surface area contributed by atoms with Gasteiger partial charge in [0, 0.05) is 11.3 Å². The lowest BCUT2D eigenvalue weighted by molar-refractivity contribution is 0.457. The molecule has 1 N–H and O–H groups in total. The summed E-state index contributed by atoms with van der Waals surface area (Å²) in [5.41, 5.74) is 3.43. The largest absolute Gasteiger partial charge is 0.468 e. The van der Waals surface area contributed by atoms with Gasteiger partial charge in [0.05, 0.1) is 25.0 Å². The number of hydrogen-bond donors (Lipinski definition) is 1. The van der Waals surface area contributed by atoms with E-state index in [0.717, 1.165) is 31.1 Å². The zero-order valence-electron chi connectivity index (χ0n) is 12.2. The van der Waals surface area contributed by atoms with Crippen LogP contribution in [-0.2, 0) is 13.1 Å². The molecular weight excluding hydrogens is 238 g/mol. The Kier molecular flexibility index (Phi) is 4.43. The van der Waals surface area contributed by atoms with Gasteiger partial charge in [-0.3, -0.25) is 4.68 Å². The molecule has 2 aromatic heterocycles. The summed E-state index contributed by atoms with van der Waals surface area (Å²) in [5, 5.41) is 7.90. The third-order valence-corrected chi connectivity index (χ3v) is 3.10. The number of aromatic nitrogens is 2. The van der Waals surface area contributed by atoms with E-state index < -0.39 is 0 Å². The molecule has 2 heterocycles. The van der Waals surface area contributed by atoms with Crippen LogP contribution in [0.2, 0.25) is 0 Å². The molecule has 0 aliphatic heterocycles. The Morgan fingerprint density at radius 2 is 2.16 bits per heavy atom. The SMILES string of the molecule is Cc1cc(C)n(Cc2ccoc2CNCC(C)C)n1. The highest BCUT2D eigenvalue weighted by Gasteiger charge is 2.09. The van der Waals surface area contributed by atoms with Crippen LogP contribution in [0, 0.1) is 19.8 Å². The van der Waals surface area contributed by atoms with Crippen molar-refractivity contribution in [2.24, 2.45) is 5.92 Å². The standard InChI is InChI=1S/C15H23N3O/c1-11(2)8-16-9-15-14(5-6-19-15)10-18-13(4)7-12(3)17-18/h5-7,11,16H,8-10H2,1-4H3. The maximum atomic E-state index is 5.56. The second kappa shape index (κ2) is 6.06. The fraction of sp³-hybridized carbons (Fsp3) is 0.533. The number of nitrogens with one attached hydrogen (secondary N) is 1. The minimum Gasteiger partial charge on any atom is -0.468 e. The van der Waals surface area contributed by atoms with E-state index in [0.29, 0.717) is 5.92 Å². The van der Waals surface area contributed by atoms with Crippen LogP contribution in [0.15, 0.2) is 22.8 Å². The van der Waals surface area contributed by atoms with Gasteiger partial charge in [-0.1, -0.05) is 13.8 Å². The fourth-order valence-corrected chi connectivity index (χ4v) is 2.13. The van der Waals surface area contributed by atoms with Crippen molar-refractivity contribution in [2.75, 3.05) is 6.54 Å². The number of furan rings is 1. The Morgan fingerprint density at radius 1 is 1.37 bits per heavy atom. The smallest absolute Gasteiger partial charge is 0.122 e. The van der Waals surface area contributed by atoms with Crippen LogP contribution in [0.3, 0.4) is 0 Å². The first-order chi connectivity index (χ1) is 9.06. The highest BCUT2D eigenvalue weighted by Crippen LogP contribution is 2.14. The van der Waals surface area contributed by atoms with Crippen molar-refractivity contribution in [3.05, 3.63) is 41.1 Å². The van der Waals surface area contributed by atoms with Crippen molar-refractivity contribution in [3.8, 4) is 0 Å². The van der Waals surface area contributed by atoms with Crippen molar-refractivity contribution in [3.63, 3.8) is 0 Å². The molecule has 2 rings (SSSR count). The molecule has 0 amide bonds. The zero-order valence-corrected chi connectivity index (χ0v) is 12.2. The molecule has 0 radical (unpaired) electrons. The van der Waals surface area contributed by atoms with Gasteiger partial charge in [-0.25, -0.2) is 0 Å². The van der Waals surface area contributed by atoms with Gasteiger partial charge in [0.25, 0.3) is 0 Å². The van der Waals surface area contributed by atoms with Crippen LogP contribution in [0.25, 0.3) is 0 Å². The lowest BCUT2D eigenvalue weighted by Crippen LogP contribution is -2.19. The van der Waals surface area contributed by atoms with Crippen molar-refractivity contribution in [1.29, 1.82) is 0 Å². The number of hydrogen-bond acceptors (Lipinski definition) is 3. The first-order valence-electron chi connectivity index (χ1n) is 6.83. The highest BCUT2D eigenvalue weighted by molar-refractivity contribution is 5.19. The highest BCUT2D eigenvalue weighted by atomic mass is 16.3. The second-order valence-corrected chi connectivity index (χ2v) is 5.48. The molecule has 4 nitrogen and oxygen atoms in total. The first kappa shape index (κ1) is 13.9. The lowest BCUT2D eigenvalue weighted by Gasteiger charge is -2.08. The molecule has 19 heavy (non-hydrogen) atoms. The molecule has 0 bridgehead atoms. The summed E-state index contributed by atoms with van der Waals surface area (Å²) in [4.78, 5) is 0. The predicted molar refractivity (Wildman–Crippen MR) is 76.1 cm³/mol. The monoisotopic (exact) mass is 261 g/mol. The summed E-state index contributed by atoms with van der Waals surface area (Å²) in [5.74, 6) is 1.66. The van der Waals surface area contributed by atoms with E-state index in [4.69, 9.17) is 4.42 Å². The van der Waals surface area contributed by atoms with Crippen molar-refractivity contribution in [1.82, 2.24) is 15.1 Å². The van der Waals surface area contributed by atoms with E-state index in [2.05, 4.69) is 37.3 Å². The fourth-order valence-electron chi connectivity index (χ4n) is 2.13. The molecule has 0 aliphatic rings. The average Bonchev–Trinajstić information content (AvgIpc) is 2.87. The molecule has 0 atom stereocenters. The summed E-state index contributed by atoms with van der Waals surface area (Å²) in [6.07, 6.45) is 1.76. The zero-order chi connectivity index (χ0) is 13.8. The summed E-state index contributed by atoms with van der Waals surface area (Å²) in [7, 11) is 0. The predicted octanol–water partition coefficient (Wildman–Crippen LogP) is 2.89. The van der Waals surface area contributed by atoms with E-state index in [9.17, 15) is 0 Å². The number of aryl methyl sites for hydroxylation is 2. The quantitative estimate of drug-likeness (QED) is 0.869. The van der Waals surface area contributed by atoms with Crippen LogP contribution >= 0.6 is 0 Å². The third kappa shape index (κ3) is 3.70. The Hall–Kier alpha value is -1.55. The topological polar surface area (TPSA) is 43.0 Å². The first-order valence-corrected chi connectivity index (χ1v) is 6.83. The molecule has 4 heteroatoms. The summed E-state index contributed by atoms with van der Waals surface area (Å²) < 4.78 is 7.58. The van der Waals surface area contributed by atoms with E-state index in [1.165, 1.54) is 11.3 Å². The van der Waals surface area contributed by atoms with Gasteiger partial charge in [0.15, 0.2) is 0 Å². The second-order valence-electron chi connectivity index (χ2n) is 5.48. The number of rotatable bonds is 6. The molecule has 2 aromatic rings. The maximum absolute atomic E-state index is 5.56. The Labute approximate surface area is 114 Å². The summed E-state index contributed by atoms with van der Waals surface area (Å²) in [6.45, 7) is 11.0. The van der Waals surface area contributed by atoms with Gasteiger partial charge in [-0.05, 0) is 38.4 Å². The molecule has 0 aliphatic carbocycles. The van der Waals surface area contributed by atoms with Crippen LogP contribution in [0.1, 0.15) is 36.6 Å². The minimum atomic E-state index is 0.648. The third-order valence-electron chi connectivity index (χ3n) is 3.10. The number of nitrogens with zero attached hydrogens (tertiary/aromatic N) is 2. The van der Waals surface area contributed by atoms with E-state index in [1.54, 1.807) is 6.26 Å². The normalized spacial score (nSPS) is 11.4. The Balaban J connectivity index is 2.01. The molecule has 0 aromatic carbocycles. The molecular formula is C15H23N3O. The van der Waals surface area contributed by atoms with Gasteiger partial charge < -0.3 is 9.73 Å². The van der Waals surface area contributed by atoms with E-state index in [1.807, 2.05) is 17.7 Å². The molecule has 0 fully saturated rings. The average molecular weight is 261 g/mol. The Morgan fingerprint density at radius 3 is 2.79 bits per heavy atom. The van der Waals surface area contributed by atoms with Gasteiger partial charge >= 0.3 is 0 Å². The summed E-state index contributed by atoms with van der Waals surface area (Å²) in [6, 6.07) is 4.12. The minimum absolute atomic E-state index is 0.648. The molecule has 0 saturated heterocycles. The molecule has 0 unspecified atom stereocenters. The van der Waals surface area contributed by atoms with Gasteiger partial charge in [-0.15, -0.1) is 0 Å². The van der Waals surface area contributed by atoms with Crippen molar-refractivity contribution >= 4 is 0 Å². The van der Waals surface area contributed by atoms with E-state index >= 15 is 0 Å². The van der Waals surface area contributed by atoms with Gasteiger partial charge in [-0.2, -0.15) is 5.10 Å². The van der Waals surface area contributed by atoms with Crippen molar-refractivity contribution in [2.45, 2.75) is 40.8 Å². The molecule has 104 valence electrons. The Bertz CT molecular complexity index is 525. The van der Waals surface area contributed by atoms with Crippen LogP contribution in [0.4, 0.5) is 0 Å². The maximum Gasteiger partial charge on any atom is 0.122 e. The lowest BCUT2D eigenvalue weighted by atomic mass is 10.2. The van der Waals surface area contributed by atoms with Crippen LogP contribution < -0.4 is 5.32 Å². The van der Waals surface area contributed by atoms with Crippen LogP contribution in [0.5, 0.6) is 0 Å².